The van der Waals surface area contributed by atoms with E-state index in [9.17, 15) is 0 Å². The number of para-hydroxylation sites is 1. The van der Waals surface area contributed by atoms with Gasteiger partial charge in [0, 0.05) is 6.04 Å². The second-order valence-corrected chi connectivity index (χ2v) is 6.72. The number of hydrogen-bond donors (Lipinski definition) is 1. The van der Waals surface area contributed by atoms with Gasteiger partial charge in [0.2, 0.25) is 0 Å². The topological polar surface area (TPSA) is 30.5 Å². The van der Waals surface area contributed by atoms with Gasteiger partial charge in [-0.2, -0.15) is 0 Å². The molecule has 1 N–H and O–H groups in total. The van der Waals surface area contributed by atoms with Gasteiger partial charge < -0.3 is 14.8 Å². The van der Waals surface area contributed by atoms with Crippen molar-refractivity contribution in [2.75, 3.05) is 11.9 Å². The number of benzene rings is 1. The molecule has 1 saturated heterocycles. The summed E-state index contributed by atoms with van der Waals surface area (Å²) in [6.07, 6.45) is 4.75. The van der Waals surface area contributed by atoms with Gasteiger partial charge in [0.15, 0.2) is 0 Å². The monoisotopic (exact) mass is 275 g/mol. The van der Waals surface area contributed by atoms with Crippen molar-refractivity contribution in [2.45, 2.75) is 64.2 Å². The van der Waals surface area contributed by atoms with Crippen LogP contribution in [0.2, 0.25) is 0 Å². The van der Waals surface area contributed by atoms with E-state index in [1.165, 1.54) is 17.7 Å². The molecule has 1 fully saturated rings. The number of aryl methyl sites for hydroxylation is 1. The first-order valence-electron chi connectivity index (χ1n) is 7.72. The van der Waals surface area contributed by atoms with Crippen LogP contribution in [0.3, 0.4) is 0 Å². The van der Waals surface area contributed by atoms with Crippen LogP contribution in [-0.4, -0.2) is 24.4 Å². The summed E-state index contributed by atoms with van der Waals surface area (Å²) in [6, 6.07) is 6.86. The summed E-state index contributed by atoms with van der Waals surface area (Å²) in [5.41, 5.74) is 2.56. The fourth-order valence-corrected chi connectivity index (χ4v) is 3.14. The maximum absolute atomic E-state index is 6.04. The summed E-state index contributed by atoms with van der Waals surface area (Å²) in [4.78, 5) is 0. The van der Waals surface area contributed by atoms with E-state index in [1.807, 2.05) is 0 Å². The quantitative estimate of drug-likeness (QED) is 0.911. The standard InChI is InChI=1S/C17H25NO2/c1-12-7-8-13-5-4-6-15(16(13)18-12)19-11-14-9-10-17(2,3)20-14/h4-6,12,14,18H,7-11H2,1-3H3. The Balaban J connectivity index is 1.66. The molecule has 2 aliphatic rings. The molecule has 3 rings (SSSR count). The first-order chi connectivity index (χ1) is 9.53. The fourth-order valence-electron chi connectivity index (χ4n) is 3.14. The zero-order valence-electron chi connectivity index (χ0n) is 12.7. The van der Waals surface area contributed by atoms with Gasteiger partial charge in [0.1, 0.15) is 12.4 Å². The molecule has 2 aliphatic heterocycles. The molecule has 3 heteroatoms. The van der Waals surface area contributed by atoms with Gasteiger partial charge in [-0.05, 0) is 58.1 Å². The van der Waals surface area contributed by atoms with Crippen molar-refractivity contribution in [3.8, 4) is 5.75 Å². The Morgan fingerprint density at radius 2 is 2.20 bits per heavy atom. The molecular formula is C17H25NO2. The Kier molecular flexibility index (Phi) is 3.63. The molecule has 0 amide bonds. The van der Waals surface area contributed by atoms with Crippen LogP contribution in [0.1, 0.15) is 45.6 Å². The SMILES string of the molecule is CC1CCc2cccc(OCC3CCC(C)(C)O3)c2N1. The molecule has 0 radical (unpaired) electrons. The Morgan fingerprint density at radius 1 is 1.35 bits per heavy atom. The largest absolute Gasteiger partial charge is 0.489 e. The van der Waals surface area contributed by atoms with Crippen LogP contribution < -0.4 is 10.1 Å². The number of ether oxygens (including phenoxy) is 2. The molecule has 2 heterocycles. The summed E-state index contributed by atoms with van der Waals surface area (Å²) >= 11 is 0. The van der Waals surface area contributed by atoms with Gasteiger partial charge in [-0.3, -0.25) is 0 Å². The smallest absolute Gasteiger partial charge is 0.142 e. The summed E-state index contributed by atoms with van der Waals surface area (Å²) < 4.78 is 12.0. The van der Waals surface area contributed by atoms with Crippen molar-refractivity contribution in [1.29, 1.82) is 0 Å². The van der Waals surface area contributed by atoms with E-state index < -0.39 is 0 Å². The van der Waals surface area contributed by atoms with Crippen LogP contribution in [-0.2, 0) is 11.2 Å². The minimum Gasteiger partial charge on any atom is -0.489 e. The lowest BCUT2D eigenvalue weighted by Crippen LogP contribution is -2.25. The van der Waals surface area contributed by atoms with Crippen LogP contribution in [0.15, 0.2) is 18.2 Å². The van der Waals surface area contributed by atoms with Gasteiger partial charge in [0.05, 0.1) is 17.4 Å². The molecule has 0 spiro atoms. The zero-order chi connectivity index (χ0) is 14.2. The Hall–Kier alpha value is -1.22. The number of fused-ring (bicyclic) bond motifs is 1. The van der Waals surface area contributed by atoms with E-state index in [0.717, 1.165) is 25.0 Å². The summed E-state index contributed by atoms with van der Waals surface area (Å²) in [5.74, 6) is 0.974. The first-order valence-corrected chi connectivity index (χ1v) is 7.72. The molecule has 1 aromatic rings. The number of nitrogens with one attached hydrogen (secondary N) is 1. The highest BCUT2D eigenvalue weighted by molar-refractivity contribution is 5.63. The van der Waals surface area contributed by atoms with Crippen molar-refractivity contribution in [3.05, 3.63) is 23.8 Å². The number of anilines is 1. The lowest BCUT2D eigenvalue weighted by molar-refractivity contribution is -0.0325. The maximum Gasteiger partial charge on any atom is 0.142 e. The molecule has 0 aromatic heterocycles. The molecule has 2 unspecified atom stereocenters. The summed E-state index contributed by atoms with van der Waals surface area (Å²) in [5, 5.41) is 3.55. The predicted molar refractivity (Wildman–Crippen MR) is 81.5 cm³/mol. The van der Waals surface area contributed by atoms with E-state index >= 15 is 0 Å². The van der Waals surface area contributed by atoms with Gasteiger partial charge in [-0.15, -0.1) is 0 Å². The predicted octanol–water partition coefficient (Wildman–Crippen LogP) is 3.77. The highest BCUT2D eigenvalue weighted by atomic mass is 16.6. The first kappa shape index (κ1) is 13.7. The van der Waals surface area contributed by atoms with Crippen molar-refractivity contribution in [1.82, 2.24) is 0 Å². The maximum atomic E-state index is 6.04. The van der Waals surface area contributed by atoms with Crippen LogP contribution in [0.5, 0.6) is 5.75 Å². The molecule has 20 heavy (non-hydrogen) atoms. The fraction of sp³-hybridized carbons (Fsp3) is 0.647. The van der Waals surface area contributed by atoms with Crippen LogP contribution in [0.4, 0.5) is 5.69 Å². The van der Waals surface area contributed by atoms with Gasteiger partial charge in [-0.25, -0.2) is 0 Å². The van der Waals surface area contributed by atoms with Crippen molar-refractivity contribution >= 4 is 5.69 Å². The van der Waals surface area contributed by atoms with Gasteiger partial charge >= 0.3 is 0 Å². The lowest BCUT2D eigenvalue weighted by Gasteiger charge is -2.27. The summed E-state index contributed by atoms with van der Waals surface area (Å²) in [7, 11) is 0. The Morgan fingerprint density at radius 3 is 2.95 bits per heavy atom. The third kappa shape index (κ3) is 2.93. The van der Waals surface area contributed by atoms with Crippen molar-refractivity contribution in [2.24, 2.45) is 0 Å². The van der Waals surface area contributed by atoms with Gasteiger partial charge in [-0.1, -0.05) is 12.1 Å². The highest BCUT2D eigenvalue weighted by Gasteiger charge is 2.32. The average molecular weight is 275 g/mol. The van der Waals surface area contributed by atoms with Crippen molar-refractivity contribution in [3.63, 3.8) is 0 Å². The lowest BCUT2D eigenvalue weighted by atomic mass is 9.98. The minimum atomic E-state index is 0.0108. The van der Waals surface area contributed by atoms with E-state index in [2.05, 4.69) is 44.3 Å². The molecule has 110 valence electrons. The van der Waals surface area contributed by atoms with E-state index in [1.54, 1.807) is 0 Å². The Bertz CT molecular complexity index is 484. The second-order valence-electron chi connectivity index (χ2n) is 6.72. The van der Waals surface area contributed by atoms with Crippen molar-refractivity contribution < 1.29 is 9.47 Å². The third-order valence-corrected chi connectivity index (χ3v) is 4.33. The molecule has 0 aliphatic carbocycles. The van der Waals surface area contributed by atoms with E-state index in [-0.39, 0.29) is 11.7 Å². The van der Waals surface area contributed by atoms with E-state index in [0.29, 0.717) is 12.6 Å². The molecule has 1 aromatic carbocycles. The number of rotatable bonds is 3. The second kappa shape index (κ2) is 5.28. The van der Waals surface area contributed by atoms with Crippen LogP contribution in [0.25, 0.3) is 0 Å². The van der Waals surface area contributed by atoms with E-state index in [4.69, 9.17) is 9.47 Å². The van der Waals surface area contributed by atoms with Crippen LogP contribution >= 0.6 is 0 Å². The zero-order valence-corrected chi connectivity index (χ0v) is 12.7. The summed E-state index contributed by atoms with van der Waals surface area (Å²) in [6.45, 7) is 7.18. The normalized spacial score (nSPS) is 27.8. The molecular weight excluding hydrogens is 250 g/mol. The third-order valence-electron chi connectivity index (χ3n) is 4.33. The average Bonchev–Trinajstić information content (AvgIpc) is 2.76. The molecule has 0 saturated carbocycles. The Labute approximate surface area is 121 Å². The minimum absolute atomic E-state index is 0.0108. The molecule has 0 bridgehead atoms. The molecule has 2 atom stereocenters. The van der Waals surface area contributed by atoms with Crippen LogP contribution in [0, 0.1) is 0 Å². The number of hydrogen-bond acceptors (Lipinski definition) is 3. The highest BCUT2D eigenvalue weighted by Crippen LogP contribution is 2.35. The molecule has 3 nitrogen and oxygen atoms in total. The van der Waals surface area contributed by atoms with Gasteiger partial charge in [0.25, 0.3) is 0 Å².